The second kappa shape index (κ2) is 4.48. The number of nitrogen functional groups attached to an aromatic ring is 2. The van der Waals surface area contributed by atoms with Crippen LogP contribution in [0, 0.1) is 0 Å². The third-order valence-electron chi connectivity index (χ3n) is 3.07. The monoisotopic (exact) mass is 235 g/mol. The van der Waals surface area contributed by atoms with Gasteiger partial charge in [0, 0.05) is 6.54 Å². The molecule has 2 rings (SSSR count). The Morgan fingerprint density at radius 3 is 2.76 bits per heavy atom. The molecule has 6 nitrogen and oxygen atoms in total. The van der Waals surface area contributed by atoms with E-state index in [9.17, 15) is 4.79 Å². The van der Waals surface area contributed by atoms with E-state index in [-0.39, 0.29) is 17.8 Å². The van der Waals surface area contributed by atoms with Gasteiger partial charge in [0.15, 0.2) is 0 Å². The Morgan fingerprint density at radius 1 is 1.35 bits per heavy atom. The topological polar surface area (TPSA) is 111 Å². The normalized spacial score (nSPS) is 20.2. The standard InChI is InChI=1S/C11H17N5O/c12-7-4-5-9(15-10(7)13)16-6-2-1-3-8(16)11(14)17/h4-5,8H,1-3,6,12H2,(H2,13,15)(H2,14,17). The number of carbonyl (C=O) groups is 1. The van der Waals surface area contributed by atoms with Crippen LogP contribution in [-0.2, 0) is 4.79 Å². The lowest BCUT2D eigenvalue weighted by Gasteiger charge is -2.34. The smallest absolute Gasteiger partial charge is 0.240 e. The third-order valence-corrected chi connectivity index (χ3v) is 3.07. The number of hydrogen-bond acceptors (Lipinski definition) is 5. The summed E-state index contributed by atoms with van der Waals surface area (Å²) in [6.07, 6.45) is 2.80. The lowest BCUT2D eigenvalue weighted by atomic mass is 10.0. The predicted molar refractivity (Wildman–Crippen MR) is 67.2 cm³/mol. The number of hydrogen-bond donors (Lipinski definition) is 3. The highest BCUT2D eigenvalue weighted by Crippen LogP contribution is 2.25. The van der Waals surface area contributed by atoms with Crippen LogP contribution >= 0.6 is 0 Å². The molecule has 1 saturated heterocycles. The number of anilines is 3. The number of nitrogens with zero attached hydrogens (tertiary/aromatic N) is 2. The molecule has 92 valence electrons. The van der Waals surface area contributed by atoms with E-state index < -0.39 is 0 Å². The molecule has 1 aliphatic rings. The molecular formula is C11H17N5O. The van der Waals surface area contributed by atoms with Gasteiger partial charge in [-0.15, -0.1) is 0 Å². The average Bonchev–Trinajstić information content (AvgIpc) is 2.32. The molecule has 1 aromatic heterocycles. The minimum atomic E-state index is -0.318. The molecule has 1 fully saturated rings. The van der Waals surface area contributed by atoms with Crippen molar-refractivity contribution in [3.8, 4) is 0 Å². The van der Waals surface area contributed by atoms with Gasteiger partial charge in [-0.05, 0) is 31.4 Å². The van der Waals surface area contributed by atoms with Gasteiger partial charge in [-0.1, -0.05) is 0 Å². The molecule has 1 amide bonds. The van der Waals surface area contributed by atoms with Gasteiger partial charge in [0.2, 0.25) is 5.91 Å². The minimum Gasteiger partial charge on any atom is -0.396 e. The lowest BCUT2D eigenvalue weighted by molar-refractivity contribution is -0.119. The van der Waals surface area contributed by atoms with Crippen LogP contribution < -0.4 is 22.1 Å². The Kier molecular flexibility index (Phi) is 3.03. The summed E-state index contributed by atoms with van der Waals surface area (Å²) in [6.45, 7) is 0.768. The molecule has 0 bridgehead atoms. The molecule has 6 heteroatoms. The molecule has 1 unspecified atom stereocenters. The van der Waals surface area contributed by atoms with Crippen LogP contribution in [0.2, 0.25) is 0 Å². The van der Waals surface area contributed by atoms with Gasteiger partial charge in [-0.3, -0.25) is 4.79 Å². The van der Waals surface area contributed by atoms with Crippen molar-refractivity contribution in [1.29, 1.82) is 0 Å². The summed E-state index contributed by atoms with van der Waals surface area (Å²) < 4.78 is 0. The number of carbonyl (C=O) groups excluding carboxylic acids is 1. The predicted octanol–water partition coefficient (Wildman–Crippen LogP) is 0.0902. The molecule has 0 saturated carbocycles. The van der Waals surface area contributed by atoms with Gasteiger partial charge in [-0.25, -0.2) is 4.98 Å². The molecule has 0 aromatic carbocycles. The van der Waals surface area contributed by atoms with E-state index >= 15 is 0 Å². The second-order valence-electron chi connectivity index (χ2n) is 4.25. The average molecular weight is 235 g/mol. The minimum absolute atomic E-state index is 0.288. The molecule has 1 aliphatic heterocycles. The quantitative estimate of drug-likeness (QED) is 0.672. The number of pyridine rings is 1. The lowest BCUT2D eigenvalue weighted by Crippen LogP contribution is -2.48. The van der Waals surface area contributed by atoms with Crippen LogP contribution in [-0.4, -0.2) is 23.5 Å². The number of piperidine rings is 1. The molecule has 0 radical (unpaired) electrons. The maximum atomic E-state index is 11.4. The first-order chi connectivity index (χ1) is 8.09. The van der Waals surface area contributed by atoms with E-state index in [4.69, 9.17) is 17.2 Å². The zero-order valence-corrected chi connectivity index (χ0v) is 9.60. The Hall–Kier alpha value is -1.98. The molecule has 17 heavy (non-hydrogen) atoms. The zero-order valence-electron chi connectivity index (χ0n) is 9.60. The van der Waals surface area contributed by atoms with E-state index in [0.717, 1.165) is 25.8 Å². The van der Waals surface area contributed by atoms with Crippen molar-refractivity contribution in [1.82, 2.24) is 4.98 Å². The van der Waals surface area contributed by atoms with E-state index in [1.165, 1.54) is 0 Å². The van der Waals surface area contributed by atoms with E-state index in [1.807, 2.05) is 4.90 Å². The second-order valence-corrected chi connectivity index (χ2v) is 4.25. The SMILES string of the molecule is NC(=O)C1CCCCN1c1ccc(N)c(N)n1. The molecule has 6 N–H and O–H groups in total. The Labute approximate surface area is 99.8 Å². The summed E-state index contributed by atoms with van der Waals surface area (Å²) in [5.74, 6) is 0.637. The fourth-order valence-corrected chi connectivity index (χ4v) is 2.14. The van der Waals surface area contributed by atoms with Crippen LogP contribution in [0.1, 0.15) is 19.3 Å². The van der Waals surface area contributed by atoms with Crippen LogP contribution in [0.3, 0.4) is 0 Å². The maximum absolute atomic E-state index is 11.4. The van der Waals surface area contributed by atoms with Crippen molar-refractivity contribution >= 4 is 23.2 Å². The first-order valence-electron chi connectivity index (χ1n) is 5.67. The highest BCUT2D eigenvalue weighted by atomic mass is 16.1. The van der Waals surface area contributed by atoms with Crippen LogP contribution in [0.5, 0.6) is 0 Å². The third kappa shape index (κ3) is 2.25. The van der Waals surface area contributed by atoms with Crippen molar-refractivity contribution in [3.05, 3.63) is 12.1 Å². The van der Waals surface area contributed by atoms with Crippen molar-refractivity contribution in [2.24, 2.45) is 5.73 Å². The molecular weight excluding hydrogens is 218 g/mol. The van der Waals surface area contributed by atoms with Crippen molar-refractivity contribution in [2.75, 3.05) is 22.9 Å². The zero-order chi connectivity index (χ0) is 12.4. The van der Waals surface area contributed by atoms with Gasteiger partial charge in [0.1, 0.15) is 17.7 Å². The molecule has 1 aromatic rings. The van der Waals surface area contributed by atoms with Gasteiger partial charge >= 0.3 is 0 Å². The Balaban J connectivity index is 2.29. The van der Waals surface area contributed by atoms with Crippen LogP contribution in [0.4, 0.5) is 17.3 Å². The van der Waals surface area contributed by atoms with Gasteiger partial charge in [-0.2, -0.15) is 0 Å². The summed E-state index contributed by atoms with van der Waals surface area (Å²) in [5.41, 5.74) is 17.1. The Morgan fingerprint density at radius 2 is 2.12 bits per heavy atom. The van der Waals surface area contributed by atoms with Crippen molar-refractivity contribution in [2.45, 2.75) is 25.3 Å². The Bertz CT molecular complexity index is 434. The van der Waals surface area contributed by atoms with Crippen molar-refractivity contribution in [3.63, 3.8) is 0 Å². The highest BCUT2D eigenvalue weighted by Gasteiger charge is 2.27. The first-order valence-corrected chi connectivity index (χ1v) is 5.67. The number of aromatic nitrogens is 1. The fourth-order valence-electron chi connectivity index (χ4n) is 2.14. The largest absolute Gasteiger partial charge is 0.396 e. The number of primary amides is 1. The molecule has 1 atom stereocenters. The van der Waals surface area contributed by atoms with E-state index in [1.54, 1.807) is 12.1 Å². The summed E-state index contributed by atoms with van der Waals surface area (Å²) >= 11 is 0. The van der Waals surface area contributed by atoms with Crippen LogP contribution in [0.25, 0.3) is 0 Å². The summed E-state index contributed by atoms with van der Waals surface area (Å²) in [7, 11) is 0. The van der Waals surface area contributed by atoms with Gasteiger partial charge in [0.25, 0.3) is 0 Å². The van der Waals surface area contributed by atoms with Crippen molar-refractivity contribution < 1.29 is 4.79 Å². The van der Waals surface area contributed by atoms with Crippen LogP contribution in [0.15, 0.2) is 12.1 Å². The summed E-state index contributed by atoms with van der Waals surface area (Å²) in [6, 6.07) is 3.18. The number of rotatable bonds is 2. The number of amides is 1. The number of nitrogens with two attached hydrogens (primary N) is 3. The summed E-state index contributed by atoms with van der Waals surface area (Å²) in [5, 5.41) is 0. The maximum Gasteiger partial charge on any atom is 0.240 e. The molecule has 2 heterocycles. The van der Waals surface area contributed by atoms with E-state index in [2.05, 4.69) is 4.98 Å². The summed E-state index contributed by atoms with van der Waals surface area (Å²) in [4.78, 5) is 17.5. The fraction of sp³-hybridized carbons (Fsp3) is 0.455. The van der Waals surface area contributed by atoms with Gasteiger partial charge in [0.05, 0.1) is 5.69 Å². The van der Waals surface area contributed by atoms with E-state index in [0.29, 0.717) is 11.5 Å². The highest BCUT2D eigenvalue weighted by molar-refractivity contribution is 5.83. The molecule has 0 spiro atoms. The molecule has 0 aliphatic carbocycles. The first kappa shape index (κ1) is 11.5. The van der Waals surface area contributed by atoms with Gasteiger partial charge < -0.3 is 22.1 Å².